The van der Waals surface area contributed by atoms with Crippen molar-refractivity contribution in [3.8, 4) is 0 Å². The van der Waals surface area contributed by atoms with E-state index in [0.717, 1.165) is 5.92 Å². The van der Waals surface area contributed by atoms with Crippen LogP contribution >= 0.6 is 0 Å². The topological polar surface area (TPSA) is 0 Å². The SMILES string of the molecule is CCC.CCCC(CC)CC. The third kappa shape index (κ3) is 13.1. The van der Waals surface area contributed by atoms with Gasteiger partial charge in [0.05, 0.1) is 0 Å². The zero-order chi connectivity index (χ0) is 9.11. The van der Waals surface area contributed by atoms with Gasteiger partial charge in [0, 0.05) is 0 Å². The van der Waals surface area contributed by atoms with Crippen molar-refractivity contribution in [1.29, 1.82) is 0 Å². The summed E-state index contributed by atoms with van der Waals surface area (Å²) in [5.74, 6) is 1.000. The van der Waals surface area contributed by atoms with E-state index < -0.39 is 0 Å². The minimum Gasteiger partial charge on any atom is -0.0656 e. The molecule has 0 aliphatic heterocycles. The Morgan fingerprint density at radius 3 is 1.27 bits per heavy atom. The van der Waals surface area contributed by atoms with E-state index in [2.05, 4.69) is 34.6 Å². The summed E-state index contributed by atoms with van der Waals surface area (Å²) < 4.78 is 0. The highest BCUT2D eigenvalue weighted by Crippen LogP contribution is 2.13. The fraction of sp³-hybridized carbons (Fsp3) is 1.00. The zero-order valence-corrected chi connectivity index (χ0v) is 9.11. The Hall–Kier alpha value is 0. The van der Waals surface area contributed by atoms with Crippen molar-refractivity contribution in [3.63, 3.8) is 0 Å². The predicted molar refractivity (Wildman–Crippen MR) is 54.9 cm³/mol. The molecule has 0 aromatic heterocycles. The van der Waals surface area contributed by atoms with Gasteiger partial charge in [0.25, 0.3) is 0 Å². The van der Waals surface area contributed by atoms with Gasteiger partial charge in [-0.3, -0.25) is 0 Å². The number of hydrogen-bond donors (Lipinski definition) is 0. The van der Waals surface area contributed by atoms with E-state index in [9.17, 15) is 0 Å². The smallest absolute Gasteiger partial charge is 0.0420 e. The standard InChI is InChI=1S/C8H18.C3H8/c1-4-7-8(5-2)6-3;1-3-2/h8H,4-7H2,1-3H3;3H2,1-2H3. The van der Waals surface area contributed by atoms with Crippen molar-refractivity contribution in [2.45, 2.75) is 66.7 Å². The van der Waals surface area contributed by atoms with E-state index in [-0.39, 0.29) is 0 Å². The minimum atomic E-state index is 1.000. The van der Waals surface area contributed by atoms with E-state index in [1.807, 2.05) is 0 Å². The fourth-order valence-electron chi connectivity index (χ4n) is 1.11. The molecule has 0 aromatic rings. The van der Waals surface area contributed by atoms with E-state index in [4.69, 9.17) is 0 Å². The van der Waals surface area contributed by atoms with Gasteiger partial charge in [-0.1, -0.05) is 66.7 Å². The number of rotatable bonds is 4. The zero-order valence-electron chi connectivity index (χ0n) is 9.11. The highest BCUT2D eigenvalue weighted by Gasteiger charge is 1.98. The summed E-state index contributed by atoms with van der Waals surface area (Å²) in [6.45, 7) is 11.1. The second kappa shape index (κ2) is 12.7. The van der Waals surface area contributed by atoms with Crippen molar-refractivity contribution in [2.24, 2.45) is 5.92 Å². The quantitative estimate of drug-likeness (QED) is 0.559. The molecule has 0 aliphatic carbocycles. The third-order valence-corrected chi connectivity index (χ3v) is 1.85. The average molecular weight is 158 g/mol. The highest BCUT2D eigenvalue weighted by molar-refractivity contribution is 4.51. The molecule has 70 valence electrons. The third-order valence-electron chi connectivity index (χ3n) is 1.85. The first-order chi connectivity index (χ1) is 5.26. The molecule has 0 heterocycles. The molecule has 11 heavy (non-hydrogen) atoms. The molecular weight excluding hydrogens is 132 g/mol. The van der Waals surface area contributed by atoms with Gasteiger partial charge in [0.1, 0.15) is 0 Å². The molecule has 0 saturated carbocycles. The van der Waals surface area contributed by atoms with Crippen LogP contribution in [0.15, 0.2) is 0 Å². The normalized spacial score (nSPS) is 9.27. The Kier molecular flexibility index (Phi) is 15.6. The van der Waals surface area contributed by atoms with Crippen LogP contribution in [0.1, 0.15) is 66.7 Å². The first-order valence-corrected chi connectivity index (χ1v) is 5.26. The Morgan fingerprint density at radius 1 is 0.818 bits per heavy atom. The maximum atomic E-state index is 2.28. The van der Waals surface area contributed by atoms with E-state index in [1.54, 1.807) is 0 Å². The van der Waals surface area contributed by atoms with Gasteiger partial charge in [-0.2, -0.15) is 0 Å². The largest absolute Gasteiger partial charge is 0.0656 e. The Labute approximate surface area is 73.4 Å². The summed E-state index contributed by atoms with van der Waals surface area (Å²) >= 11 is 0. The maximum Gasteiger partial charge on any atom is -0.0420 e. The molecular formula is C11H26. The fourth-order valence-corrected chi connectivity index (χ4v) is 1.11. The van der Waals surface area contributed by atoms with Gasteiger partial charge < -0.3 is 0 Å². The molecule has 0 unspecified atom stereocenters. The van der Waals surface area contributed by atoms with Gasteiger partial charge in [0.15, 0.2) is 0 Å². The van der Waals surface area contributed by atoms with Crippen LogP contribution in [-0.2, 0) is 0 Å². The van der Waals surface area contributed by atoms with Gasteiger partial charge in [-0.05, 0) is 5.92 Å². The molecule has 0 saturated heterocycles. The summed E-state index contributed by atoms with van der Waals surface area (Å²) in [6.07, 6.45) is 6.76. The van der Waals surface area contributed by atoms with Gasteiger partial charge >= 0.3 is 0 Å². The second-order valence-electron chi connectivity index (χ2n) is 3.18. The minimum absolute atomic E-state index is 1.000. The van der Waals surface area contributed by atoms with Crippen LogP contribution in [0.2, 0.25) is 0 Å². The van der Waals surface area contributed by atoms with Crippen LogP contribution < -0.4 is 0 Å². The molecule has 0 bridgehead atoms. The molecule has 0 nitrogen and oxygen atoms in total. The lowest BCUT2D eigenvalue weighted by Gasteiger charge is -2.08. The first kappa shape index (κ1) is 13.6. The molecule has 0 heteroatoms. The second-order valence-corrected chi connectivity index (χ2v) is 3.18. The van der Waals surface area contributed by atoms with E-state index in [1.165, 1.54) is 32.1 Å². The van der Waals surface area contributed by atoms with E-state index in [0.29, 0.717) is 0 Å². The summed E-state index contributed by atoms with van der Waals surface area (Å²) in [7, 11) is 0. The predicted octanol–water partition coefficient (Wildman–Crippen LogP) is 4.64. The van der Waals surface area contributed by atoms with Crippen molar-refractivity contribution >= 4 is 0 Å². The number of hydrogen-bond acceptors (Lipinski definition) is 0. The summed E-state index contributed by atoms with van der Waals surface area (Å²) in [6, 6.07) is 0. The molecule has 0 radical (unpaired) electrons. The average Bonchev–Trinajstić information content (AvgIpc) is 2.02. The lowest BCUT2D eigenvalue weighted by atomic mass is 9.98. The summed E-state index contributed by atoms with van der Waals surface area (Å²) in [5.41, 5.74) is 0. The van der Waals surface area contributed by atoms with Crippen LogP contribution in [-0.4, -0.2) is 0 Å². The van der Waals surface area contributed by atoms with Crippen LogP contribution in [0.4, 0.5) is 0 Å². The van der Waals surface area contributed by atoms with Gasteiger partial charge in [-0.25, -0.2) is 0 Å². The molecule has 0 rings (SSSR count). The van der Waals surface area contributed by atoms with Gasteiger partial charge in [0.2, 0.25) is 0 Å². The first-order valence-electron chi connectivity index (χ1n) is 5.26. The van der Waals surface area contributed by atoms with Crippen LogP contribution in [0, 0.1) is 5.92 Å². The summed E-state index contributed by atoms with van der Waals surface area (Å²) in [5, 5.41) is 0. The van der Waals surface area contributed by atoms with Crippen LogP contribution in [0.3, 0.4) is 0 Å². The Balaban J connectivity index is 0. The van der Waals surface area contributed by atoms with Crippen molar-refractivity contribution in [1.82, 2.24) is 0 Å². The molecule has 0 aromatic carbocycles. The highest BCUT2D eigenvalue weighted by atomic mass is 14.0. The summed E-state index contributed by atoms with van der Waals surface area (Å²) in [4.78, 5) is 0. The van der Waals surface area contributed by atoms with Crippen LogP contribution in [0.25, 0.3) is 0 Å². The van der Waals surface area contributed by atoms with Crippen molar-refractivity contribution in [3.05, 3.63) is 0 Å². The van der Waals surface area contributed by atoms with Gasteiger partial charge in [-0.15, -0.1) is 0 Å². The van der Waals surface area contributed by atoms with Crippen LogP contribution in [0.5, 0.6) is 0 Å². The molecule has 0 N–H and O–H groups in total. The maximum absolute atomic E-state index is 2.28. The van der Waals surface area contributed by atoms with E-state index >= 15 is 0 Å². The van der Waals surface area contributed by atoms with Crippen molar-refractivity contribution in [2.75, 3.05) is 0 Å². The Bertz CT molecular complexity index is 44.0. The van der Waals surface area contributed by atoms with Crippen molar-refractivity contribution < 1.29 is 0 Å². The molecule has 0 atom stereocenters. The molecule has 0 fully saturated rings. The monoisotopic (exact) mass is 158 g/mol. The lowest BCUT2D eigenvalue weighted by molar-refractivity contribution is 0.451. The molecule has 0 spiro atoms. The lowest BCUT2D eigenvalue weighted by Crippen LogP contribution is -1.94. The Morgan fingerprint density at radius 2 is 1.18 bits per heavy atom. The molecule has 0 aliphatic rings. The molecule has 0 amide bonds.